The summed E-state index contributed by atoms with van der Waals surface area (Å²) < 4.78 is 0. The third kappa shape index (κ3) is 6.41. The van der Waals surface area contributed by atoms with Crippen LogP contribution in [-0.2, 0) is 4.79 Å². The van der Waals surface area contributed by atoms with Crippen LogP contribution >= 0.6 is 24.0 Å². The topological polar surface area (TPSA) is 56.7 Å². The molecular formula is C18H35IN4O. The van der Waals surface area contributed by atoms with E-state index in [0.29, 0.717) is 11.5 Å². The fourth-order valence-corrected chi connectivity index (χ4v) is 3.48. The maximum Gasteiger partial charge on any atom is 0.243 e. The van der Waals surface area contributed by atoms with Crippen LogP contribution in [0.15, 0.2) is 4.99 Å². The first kappa shape index (κ1) is 21.5. The molecule has 1 amide bonds. The van der Waals surface area contributed by atoms with Crippen LogP contribution in [0.4, 0.5) is 0 Å². The molecule has 2 aliphatic carbocycles. The fourth-order valence-electron chi connectivity index (χ4n) is 3.48. The molecule has 2 fully saturated rings. The average molecular weight is 450 g/mol. The number of amides is 1. The third-order valence-electron chi connectivity index (χ3n) is 5.61. The van der Waals surface area contributed by atoms with Crippen LogP contribution in [0.5, 0.6) is 0 Å². The standard InChI is InChI=1S/C18H34N4O.HI/c1-4-18(11-8-12-18)14-20-17(19-13-16(23)22(2)3)21-15-9-6-5-7-10-15;/h15H,4-14H2,1-3H3,(H2,19,20,21);1H. The normalized spacial score (nSPS) is 20.5. The summed E-state index contributed by atoms with van der Waals surface area (Å²) in [7, 11) is 3.56. The highest BCUT2D eigenvalue weighted by molar-refractivity contribution is 14.0. The number of nitrogens with zero attached hydrogens (tertiary/aromatic N) is 2. The second-order valence-electron chi connectivity index (χ2n) is 7.49. The number of hydrogen-bond acceptors (Lipinski definition) is 2. The lowest BCUT2D eigenvalue weighted by atomic mass is 9.67. The maximum atomic E-state index is 11.8. The van der Waals surface area contributed by atoms with E-state index in [1.54, 1.807) is 19.0 Å². The molecule has 0 unspecified atom stereocenters. The van der Waals surface area contributed by atoms with E-state index in [4.69, 9.17) is 0 Å². The minimum Gasteiger partial charge on any atom is -0.356 e. The molecule has 0 aliphatic heterocycles. The predicted molar refractivity (Wildman–Crippen MR) is 111 cm³/mol. The van der Waals surface area contributed by atoms with Crippen LogP contribution in [0.1, 0.15) is 64.7 Å². The van der Waals surface area contributed by atoms with Gasteiger partial charge in [-0.25, -0.2) is 4.99 Å². The van der Waals surface area contributed by atoms with Crippen LogP contribution < -0.4 is 10.6 Å². The predicted octanol–water partition coefficient (Wildman–Crippen LogP) is 3.14. The molecule has 0 aromatic carbocycles. The smallest absolute Gasteiger partial charge is 0.243 e. The molecule has 0 radical (unpaired) electrons. The Labute approximate surface area is 164 Å². The molecule has 6 heteroatoms. The van der Waals surface area contributed by atoms with Crippen molar-refractivity contribution in [2.75, 3.05) is 27.2 Å². The van der Waals surface area contributed by atoms with E-state index in [9.17, 15) is 4.79 Å². The summed E-state index contributed by atoms with van der Waals surface area (Å²) in [6.07, 6.45) is 11.5. The SMILES string of the molecule is CCC1(CNC(=NCC(=O)N(C)C)NC2CCCCC2)CCC1.I. The first-order valence-corrected chi connectivity index (χ1v) is 9.30. The van der Waals surface area contributed by atoms with Crippen LogP contribution in [0, 0.1) is 5.41 Å². The van der Waals surface area contributed by atoms with Crippen LogP contribution in [0.3, 0.4) is 0 Å². The van der Waals surface area contributed by atoms with Gasteiger partial charge in [0.05, 0.1) is 0 Å². The molecule has 2 aliphatic rings. The number of guanidine groups is 1. The van der Waals surface area contributed by atoms with E-state index in [2.05, 4.69) is 22.5 Å². The molecule has 0 aromatic heterocycles. The highest BCUT2D eigenvalue weighted by Crippen LogP contribution is 2.43. The van der Waals surface area contributed by atoms with Gasteiger partial charge in [-0.05, 0) is 37.5 Å². The van der Waals surface area contributed by atoms with Gasteiger partial charge < -0.3 is 15.5 Å². The van der Waals surface area contributed by atoms with E-state index in [1.807, 2.05) is 0 Å². The molecular weight excluding hydrogens is 415 g/mol. The van der Waals surface area contributed by atoms with Crippen molar-refractivity contribution in [1.82, 2.24) is 15.5 Å². The summed E-state index contributed by atoms with van der Waals surface area (Å²) in [5.74, 6) is 0.871. The molecule has 0 saturated heterocycles. The second-order valence-corrected chi connectivity index (χ2v) is 7.49. The van der Waals surface area contributed by atoms with Gasteiger partial charge in [0.2, 0.25) is 5.91 Å². The van der Waals surface area contributed by atoms with Crippen LogP contribution in [0.2, 0.25) is 0 Å². The number of halogens is 1. The number of hydrogen-bond donors (Lipinski definition) is 2. The molecule has 2 saturated carbocycles. The monoisotopic (exact) mass is 450 g/mol. The largest absolute Gasteiger partial charge is 0.356 e. The first-order valence-electron chi connectivity index (χ1n) is 9.30. The number of carbonyl (C=O) groups is 1. The molecule has 5 nitrogen and oxygen atoms in total. The van der Waals surface area contributed by atoms with Crippen molar-refractivity contribution in [2.24, 2.45) is 10.4 Å². The minimum absolute atomic E-state index is 0. The molecule has 0 aromatic rings. The summed E-state index contributed by atoms with van der Waals surface area (Å²) in [5.41, 5.74) is 0.445. The zero-order chi connectivity index (χ0) is 16.7. The first-order chi connectivity index (χ1) is 11.0. The lowest BCUT2D eigenvalue weighted by Crippen LogP contribution is -2.49. The molecule has 0 heterocycles. The van der Waals surface area contributed by atoms with Gasteiger partial charge in [-0.2, -0.15) is 0 Å². The fraction of sp³-hybridized carbons (Fsp3) is 0.889. The van der Waals surface area contributed by atoms with E-state index >= 15 is 0 Å². The van der Waals surface area contributed by atoms with Crippen molar-refractivity contribution in [3.8, 4) is 0 Å². The van der Waals surface area contributed by atoms with Crippen molar-refractivity contribution < 1.29 is 4.79 Å². The number of rotatable bonds is 6. The molecule has 0 spiro atoms. The van der Waals surface area contributed by atoms with Crippen LogP contribution in [-0.4, -0.2) is 50.0 Å². The summed E-state index contributed by atoms with van der Waals surface area (Å²) in [6, 6.07) is 0.503. The molecule has 2 N–H and O–H groups in total. The van der Waals surface area contributed by atoms with Gasteiger partial charge in [0.1, 0.15) is 6.54 Å². The molecule has 0 bridgehead atoms. The van der Waals surface area contributed by atoms with E-state index < -0.39 is 0 Å². The Morgan fingerprint density at radius 1 is 1.17 bits per heavy atom. The van der Waals surface area contributed by atoms with E-state index in [1.165, 1.54) is 57.8 Å². The Morgan fingerprint density at radius 3 is 2.33 bits per heavy atom. The molecule has 2 rings (SSSR count). The van der Waals surface area contributed by atoms with Crippen molar-refractivity contribution in [3.63, 3.8) is 0 Å². The highest BCUT2D eigenvalue weighted by atomic mass is 127. The number of likely N-dealkylation sites (N-methyl/N-ethyl adjacent to an activating group) is 1. The number of aliphatic imine (C=N–C) groups is 1. The second kappa shape index (κ2) is 10.5. The molecule has 0 atom stereocenters. The number of carbonyl (C=O) groups excluding carboxylic acids is 1. The van der Waals surface area contributed by atoms with Crippen molar-refractivity contribution in [2.45, 2.75) is 70.8 Å². The zero-order valence-corrected chi connectivity index (χ0v) is 17.9. The summed E-state index contributed by atoms with van der Waals surface area (Å²) in [4.78, 5) is 18.0. The Kier molecular flexibility index (Phi) is 9.37. The lowest BCUT2D eigenvalue weighted by molar-refractivity contribution is -0.127. The van der Waals surface area contributed by atoms with Crippen LogP contribution in [0.25, 0.3) is 0 Å². The Morgan fingerprint density at radius 2 is 1.83 bits per heavy atom. The summed E-state index contributed by atoms with van der Waals surface area (Å²) in [5, 5.41) is 7.09. The van der Waals surface area contributed by atoms with Crippen molar-refractivity contribution >= 4 is 35.8 Å². The van der Waals surface area contributed by atoms with Gasteiger partial charge in [-0.15, -0.1) is 24.0 Å². The van der Waals surface area contributed by atoms with Gasteiger partial charge in [-0.1, -0.05) is 32.6 Å². The maximum absolute atomic E-state index is 11.8. The van der Waals surface area contributed by atoms with Crippen molar-refractivity contribution in [1.29, 1.82) is 0 Å². The Bertz CT molecular complexity index is 410. The Balaban J connectivity index is 0.00000288. The minimum atomic E-state index is 0. The summed E-state index contributed by atoms with van der Waals surface area (Å²) >= 11 is 0. The number of nitrogens with one attached hydrogen (secondary N) is 2. The average Bonchev–Trinajstić information content (AvgIpc) is 2.52. The zero-order valence-electron chi connectivity index (χ0n) is 15.6. The van der Waals surface area contributed by atoms with E-state index in [0.717, 1.165) is 12.5 Å². The lowest BCUT2D eigenvalue weighted by Gasteiger charge is -2.42. The van der Waals surface area contributed by atoms with Gasteiger partial charge in [0.15, 0.2) is 5.96 Å². The van der Waals surface area contributed by atoms with Gasteiger partial charge in [0, 0.05) is 26.7 Å². The quantitative estimate of drug-likeness (QED) is 0.372. The van der Waals surface area contributed by atoms with E-state index in [-0.39, 0.29) is 36.4 Å². The molecule has 24 heavy (non-hydrogen) atoms. The van der Waals surface area contributed by atoms with Gasteiger partial charge >= 0.3 is 0 Å². The van der Waals surface area contributed by atoms with Gasteiger partial charge in [-0.3, -0.25) is 4.79 Å². The highest BCUT2D eigenvalue weighted by Gasteiger charge is 2.35. The summed E-state index contributed by atoms with van der Waals surface area (Å²) in [6.45, 7) is 3.47. The molecule has 140 valence electrons. The Hall–Kier alpha value is -0.530. The van der Waals surface area contributed by atoms with Gasteiger partial charge in [0.25, 0.3) is 0 Å². The third-order valence-corrected chi connectivity index (χ3v) is 5.61. The van der Waals surface area contributed by atoms with Crippen molar-refractivity contribution in [3.05, 3.63) is 0 Å².